The SMILES string of the molecule is CCCc1nn(C)c2c1nc(N)n2CC1CC1C. The van der Waals surface area contributed by atoms with Gasteiger partial charge in [-0.3, -0.25) is 9.25 Å². The van der Waals surface area contributed by atoms with Crippen molar-refractivity contribution in [3.63, 3.8) is 0 Å². The van der Waals surface area contributed by atoms with Crippen LogP contribution in [0, 0.1) is 11.8 Å². The van der Waals surface area contributed by atoms with E-state index >= 15 is 0 Å². The number of anilines is 1. The second kappa shape index (κ2) is 4.00. The maximum Gasteiger partial charge on any atom is 0.202 e. The summed E-state index contributed by atoms with van der Waals surface area (Å²) in [5.41, 5.74) is 9.21. The maximum atomic E-state index is 6.06. The van der Waals surface area contributed by atoms with E-state index in [4.69, 9.17) is 5.73 Å². The van der Waals surface area contributed by atoms with Crippen LogP contribution in [-0.2, 0) is 20.0 Å². The smallest absolute Gasteiger partial charge is 0.202 e. The predicted octanol–water partition coefficient (Wildman–Crippen LogP) is 1.96. The van der Waals surface area contributed by atoms with Gasteiger partial charge in [-0.1, -0.05) is 20.3 Å². The predicted molar refractivity (Wildman–Crippen MR) is 72.2 cm³/mol. The molecule has 2 atom stereocenters. The zero-order valence-electron chi connectivity index (χ0n) is 11.3. The Kier molecular flexibility index (Phi) is 2.57. The molecular formula is C13H21N5. The molecule has 2 aromatic heterocycles. The van der Waals surface area contributed by atoms with Gasteiger partial charge >= 0.3 is 0 Å². The van der Waals surface area contributed by atoms with Gasteiger partial charge in [-0.05, 0) is 24.7 Å². The molecule has 1 fully saturated rings. The quantitative estimate of drug-likeness (QED) is 0.898. The third-order valence-electron chi connectivity index (χ3n) is 4.00. The number of aromatic nitrogens is 4. The number of hydrogen-bond acceptors (Lipinski definition) is 3. The van der Waals surface area contributed by atoms with E-state index in [1.54, 1.807) is 0 Å². The molecule has 1 aliphatic carbocycles. The van der Waals surface area contributed by atoms with Crippen molar-refractivity contribution in [1.29, 1.82) is 0 Å². The van der Waals surface area contributed by atoms with Crippen molar-refractivity contribution < 1.29 is 0 Å². The van der Waals surface area contributed by atoms with Crippen LogP contribution < -0.4 is 5.73 Å². The lowest BCUT2D eigenvalue weighted by Gasteiger charge is -2.05. The first-order valence-corrected chi connectivity index (χ1v) is 6.79. The van der Waals surface area contributed by atoms with Crippen LogP contribution in [-0.4, -0.2) is 19.3 Å². The Bertz CT molecular complexity index is 580. The van der Waals surface area contributed by atoms with Crippen molar-refractivity contribution >= 4 is 17.1 Å². The van der Waals surface area contributed by atoms with E-state index in [0.29, 0.717) is 5.95 Å². The van der Waals surface area contributed by atoms with E-state index in [-0.39, 0.29) is 0 Å². The van der Waals surface area contributed by atoms with Gasteiger partial charge in [0.25, 0.3) is 0 Å². The topological polar surface area (TPSA) is 61.7 Å². The summed E-state index contributed by atoms with van der Waals surface area (Å²) < 4.78 is 4.06. The van der Waals surface area contributed by atoms with E-state index in [1.807, 2.05) is 11.7 Å². The molecule has 98 valence electrons. The molecule has 1 saturated carbocycles. The first kappa shape index (κ1) is 11.6. The van der Waals surface area contributed by atoms with Gasteiger partial charge in [-0.25, -0.2) is 4.98 Å². The summed E-state index contributed by atoms with van der Waals surface area (Å²) in [6.07, 6.45) is 3.35. The Labute approximate surface area is 107 Å². The number of imidazole rings is 1. The Morgan fingerprint density at radius 3 is 2.78 bits per heavy atom. The van der Waals surface area contributed by atoms with Crippen molar-refractivity contribution in [2.75, 3.05) is 5.73 Å². The zero-order valence-corrected chi connectivity index (χ0v) is 11.3. The highest BCUT2D eigenvalue weighted by molar-refractivity contribution is 5.77. The summed E-state index contributed by atoms with van der Waals surface area (Å²) in [5.74, 6) is 2.22. The molecule has 0 saturated heterocycles. The van der Waals surface area contributed by atoms with Gasteiger partial charge in [0.05, 0.1) is 5.69 Å². The fraction of sp³-hybridized carbons (Fsp3) is 0.692. The minimum Gasteiger partial charge on any atom is -0.369 e. The number of fused-ring (bicyclic) bond motifs is 1. The van der Waals surface area contributed by atoms with Gasteiger partial charge in [0.15, 0.2) is 5.65 Å². The number of nitrogen functional groups attached to an aromatic ring is 1. The standard InChI is InChI=1S/C13H21N5/c1-4-5-10-11-12(17(3)16-10)18(13(14)15-11)7-9-6-8(9)2/h8-9H,4-7H2,1-3H3,(H2,14,15). The monoisotopic (exact) mass is 247 g/mol. The summed E-state index contributed by atoms with van der Waals surface area (Å²) >= 11 is 0. The van der Waals surface area contributed by atoms with Crippen LogP contribution in [0.15, 0.2) is 0 Å². The average Bonchev–Trinajstić information content (AvgIpc) is 2.78. The van der Waals surface area contributed by atoms with Crippen molar-refractivity contribution in [1.82, 2.24) is 19.3 Å². The molecule has 0 bridgehead atoms. The number of aryl methyl sites for hydroxylation is 2. The van der Waals surface area contributed by atoms with Gasteiger partial charge < -0.3 is 5.73 Å². The lowest BCUT2D eigenvalue weighted by atomic mass is 10.2. The highest BCUT2D eigenvalue weighted by atomic mass is 15.3. The molecule has 0 amide bonds. The van der Waals surface area contributed by atoms with E-state index < -0.39 is 0 Å². The molecule has 0 spiro atoms. The van der Waals surface area contributed by atoms with Crippen LogP contribution in [0.3, 0.4) is 0 Å². The van der Waals surface area contributed by atoms with E-state index in [1.165, 1.54) is 6.42 Å². The molecule has 2 N–H and O–H groups in total. The highest BCUT2D eigenvalue weighted by Gasteiger charge is 2.34. The third-order valence-corrected chi connectivity index (χ3v) is 4.00. The summed E-state index contributed by atoms with van der Waals surface area (Å²) in [5, 5.41) is 4.57. The Morgan fingerprint density at radius 1 is 1.44 bits per heavy atom. The van der Waals surface area contributed by atoms with Crippen LogP contribution >= 0.6 is 0 Å². The molecule has 2 heterocycles. The molecular weight excluding hydrogens is 226 g/mol. The molecule has 3 rings (SSSR count). The average molecular weight is 247 g/mol. The molecule has 5 heteroatoms. The lowest BCUT2D eigenvalue weighted by molar-refractivity contribution is 0.595. The molecule has 0 radical (unpaired) electrons. The Hall–Kier alpha value is -1.52. The number of hydrogen-bond donors (Lipinski definition) is 1. The Morgan fingerprint density at radius 2 is 2.17 bits per heavy atom. The normalized spacial score (nSPS) is 22.8. The highest BCUT2D eigenvalue weighted by Crippen LogP contribution is 2.40. The second-order valence-corrected chi connectivity index (χ2v) is 5.55. The van der Waals surface area contributed by atoms with E-state index in [0.717, 1.165) is 48.1 Å². The van der Waals surface area contributed by atoms with Crippen LogP contribution in [0.25, 0.3) is 11.2 Å². The lowest BCUT2D eigenvalue weighted by Crippen LogP contribution is -2.08. The largest absolute Gasteiger partial charge is 0.369 e. The van der Waals surface area contributed by atoms with Crippen LogP contribution in [0.5, 0.6) is 0 Å². The third kappa shape index (κ3) is 1.69. The van der Waals surface area contributed by atoms with Crippen molar-refractivity contribution in [2.45, 2.75) is 39.7 Å². The van der Waals surface area contributed by atoms with Gasteiger partial charge in [-0.2, -0.15) is 5.10 Å². The first-order valence-electron chi connectivity index (χ1n) is 6.79. The second-order valence-electron chi connectivity index (χ2n) is 5.55. The fourth-order valence-electron chi connectivity index (χ4n) is 2.73. The van der Waals surface area contributed by atoms with Crippen LogP contribution in [0.1, 0.15) is 32.4 Å². The molecule has 5 nitrogen and oxygen atoms in total. The van der Waals surface area contributed by atoms with Crippen LogP contribution in [0.4, 0.5) is 5.95 Å². The summed E-state index contributed by atoms with van der Waals surface area (Å²) in [6.45, 7) is 5.43. The van der Waals surface area contributed by atoms with Gasteiger partial charge in [0.2, 0.25) is 5.95 Å². The molecule has 0 aromatic carbocycles. The molecule has 1 aliphatic rings. The Balaban J connectivity index is 2.04. The minimum absolute atomic E-state index is 0.634. The molecule has 2 unspecified atom stereocenters. The minimum atomic E-state index is 0.634. The van der Waals surface area contributed by atoms with E-state index in [2.05, 4.69) is 28.5 Å². The summed E-state index contributed by atoms with van der Waals surface area (Å²) in [6, 6.07) is 0. The molecule has 2 aromatic rings. The number of rotatable bonds is 4. The maximum absolute atomic E-state index is 6.06. The fourth-order valence-corrected chi connectivity index (χ4v) is 2.73. The van der Waals surface area contributed by atoms with Gasteiger partial charge in [0.1, 0.15) is 5.52 Å². The van der Waals surface area contributed by atoms with Crippen LogP contribution in [0.2, 0.25) is 0 Å². The van der Waals surface area contributed by atoms with E-state index in [9.17, 15) is 0 Å². The molecule has 0 aliphatic heterocycles. The number of nitrogens with zero attached hydrogens (tertiary/aromatic N) is 4. The summed E-state index contributed by atoms with van der Waals surface area (Å²) in [4.78, 5) is 4.52. The van der Waals surface area contributed by atoms with Crippen molar-refractivity contribution in [3.8, 4) is 0 Å². The van der Waals surface area contributed by atoms with Crippen molar-refractivity contribution in [2.24, 2.45) is 18.9 Å². The van der Waals surface area contributed by atoms with Gasteiger partial charge in [-0.15, -0.1) is 0 Å². The zero-order chi connectivity index (χ0) is 12.9. The number of nitrogens with two attached hydrogens (primary N) is 1. The first-order chi connectivity index (χ1) is 8.61. The van der Waals surface area contributed by atoms with Crippen molar-refractivity contribution in [3.05, 3.63) is 5.69 Å². The van der Waals surface area contributed by atoms with Gasteiger partial charge in [0, 0.05) is 13.6 Å². The summed E-state index contributed by atoms with van der Waals surface area (Å²) in [7, 11) is 1.98. The molecule has 18 heavy (non-hydrogen) atoms.